The molecule has 2 unspecified atom stereocenters. The summed E-state index contributed by atoms with van der Waals surface area (Å²) in [6.45, 7) is 2.94. The lowest BCUT2D eigenvalue weighted by molar-refractivity contribution is 0.193. The maximum Gasteiger partial charge on any atom is 0.240 e. The van der Waals surface area contributed by atoms with Crippen molar-refractivity contribution in [2.75, 3.05) is 12.0 Å². The number of aromatic nitrogens is 2. The Hall–Kier alpha value is -1.62. The van der Waals surface area contributed by atoms with Gasteiger partial charge in [-0.05, 0) is 24.7 Å². The summed E-state index contributed by atoms with van der Waals surface area (Å²) in [5, 5.41) is 0. The van der Waals surface area contributed by atoms with Gasteiger partial charge in [-0.15, -0.1) is 0 Å². The molecule has 0 amide bonds. The number of allylic oxidation sites excluding steroid dienone is 2. The highest BCUT2D eigenvalue weighted by molar-refractivity contribution is 5.25. The Kier molecular flexibility index (Phi) is 3.93. The molecule has 0 saturated heterocycles. The third-order valence-electron chi connectivity index (χ3n) is 3.12. The molecule has 0 aromatic carbocycles. The standard InChI is InChI=1S/C12H18N4O/c1-9-4-2-3-5-10(9)8-17-11-6-7-14-12(15-11)16-13/h2-3,6-7,9-10H,4-5,8,13H2,1H3,(H,14,15,16). The highest BCUT2D eigenvalue weighted by Gasteiger charge is 2.19. The van der Waals surface area contributed by atoms with Crippen LogP contribution >= 0.6 is 0 Å². The first-order valence-corrected chi connectivity index (χ1v) is 5.87. The second-order valence-corrected chi connectivity index (χ2v) is 4.35. The summed E-state index contributed by atoms with van der Waals surface area (Å²) >= 11 is 0. The highest BCUT2D eigenvalue weighted by Crippen LogP contribution is 2.25. The zero-order valence-corrected chi connectivity index (χ0v) is 9.97. The first-order valence-electron chi connectivity index (χ1n) is 5.87. The minimum Gasteiger partial charge on any atom is -0.477 e. The Balaban J connectivity index is 1.90. The molecule has 1 aliphatic carbocycles. The molecular weight excluding hydrogens is 216 g/mol. The minimum absolute atomic E-state index is 0.374. The first kappa shape index (κ1) is 11.9. The molecule has 5 nitrogen and oxygen atoms in total. The summed E-state index contributed by atoms with van der Waals surface area (Å²) in [7, 11) is 0. The van der Waals surface area contributed by atoms with Crippen molar-refractivity contribution in [3.63, 3.8) is 0 Å². The molecule has 92 valence electrons. The molecular formula is C12H18N4O. The van der Waals surface area contributed by atoms with Gasteiger partial charge in [-0.1, -0.05) is 19.1 Å². The molecule has 1 heterocycles. The molecule has 0 fully saturated rings. The molecule has 3 N–H and O–H groups in total. The normalized spacial score (nSPS) is 23.4. The van der Waals surface area contributed by atoms with E-state index < -0.39 is 0 Å². The van der Waals surface area contributed by atoms with Crippen LogP contribution < -0.4 is 16.0 Å². The number of ether oxygens (including phenoxy) is 1. The van der Waals surface area contributed by atoms with Gasteiger partial charge < -0.3 is 4.74 Å². The number of nitrogens with one attached hydrogen (secondary N) is 1. The van der Waals surface area contributed by atoms with Crippen LogP contribution in [-0.2, 0) is 0 Å². The van der Waals surface area contributed by atoms with E-state index in [9.17, 15) is 0 Å². The number of nitrogens with zero attached hydrogens (tertiary/aromatic N) is 2. The number of nitrogen functional groups attached to an aromatic ring is 1. The van der Waals surface area contributed by atoms with Gasteiger partial charge in [0.25, 0.3) is 0 Å². The van der Waals surface area contributed by atoms with Crippen LogP contribution in [0.2, 0.25) is 0 Å². The van der Waals surface area contributed by atoms with E-state index in [1.54, 1.807) is 12.3 Å². The Morgan fingerprint density at radius 2 is 2.29 bits per heavy atom. The van der Waals surface area contributed by atoms with Crippen molar-refractivity contribution in [2.45, 2.75) is 19.8 Å². The number of rotatable bonds is 4. The third-order valence-corrected chi connectivity index (χ3v) is 3.12. The van der Waals surface area contributed by atoms with Gasteiger partial charge in [0.15, 0.2) is 0 Å². The first-order chi connectivity index (χ1) is 8.29. The van der Waals surface area contributed by atoms with Crippen molar-refractivity contribution in [2.24, 2.45) is 17.7 Å². The van der Waals surface area contributed by atoms with E-state index in [-0.39, 0.29) is 0 Å². The van der Waals surface area contributed by atoms with Crippen LogP contribution in [0.3, 0.4) is 0 Å². The van der Waals surface area contributed by atoms with Gasteiger partial charge in [0.2, 0.25) is 11.8 Å². The van der Waals surface area contributed by atoms with Gasteiger partial charge in [-0.2, -0.15) is 4.98 Å². The summed E-state index contributed by atoms with van der Waals surface area (Å²) in [6.07, 6.45) is 8.30. The number of anilines is 1. The van der Waals surface area contributed by atoms with E-state index in [2.05, 4.69) is 34.5 Å². The minimum atomic E-state index is 0.374. The molecule has 0 radical (unpaired) electrons. The quantitative estimate of drug-likeness (QED) is 0.471. The van der Waals surface area contributed by atoms with Gasteiger partial charge in [0, 0.05) is 12.3 Å². The van der Waals surface area contributed by atoms with Crippen LogP contribution in [0.4, 0.5) is 5.95 Å². The Morgan fingerprint density at radius 3 is 3.06 bits per heavy atom. The zero-order valence-electron chi connectivity index (χ0n) is 9.97. The maximum absolute atomic E-state index is 5.68. The largest absolute Gasteiger partial charge is 0.477 e. The molecule has 1 aliphatic rings. The topological polar surface area (TPSA) is 73.1 Å². The molecule has 0 spiro atoms. The average molecular weight is 234 g/mol. The lowest BCUT2D eigenvalue weighted by atomic mass is 9.85. The number of hydrazine groups is 1. The van der Waals surface area contributed by atoms with Crippen molar-refractivity contribution in [1.82, 2.24) is 9.97 Å². The van der Waals surface area contributed by atoms with Gasteiger partial charge in [0.1, 0.15) is 0 Å². The van der Waals surface area contributed by atoms with E-state index in [1.165, 1.54) is 0 Å². The van der Waals surface area contributed by atoms with Crippen molar-refractivity contribution in [3.8, 4) is 5.88 Å². The molecule has 2 rings (SSSR count). The highest BCUT2D eigenvalue weighted by atomic mass is 16.5. The van der Waals surface area contributed by atoms with Crippen LogP contribution in [0.1, 0.15) is 19.8 Å². The van der Waals surface area contributed by atoms with E-state index in [0.717, 1.165) is 12.8 Å². The fourth-order valence-electron chi connectivity index (χ4n) is 1.92. The van der Waals surface area contributed by atoms with Crippen molar-refractivity contribution < 1.29 is 4.74 Å². The fraction of sp³-hybridized carbons (Fsp3) is 0.500. The van der Waals surface area contributed by atoms with Gasteiger partial charge >= 0.3 is 0 Å². The van der Waals surface area contributed by atoms with E-state index >= 15 is 0 Å². The van der Waals surface area contributed by atoms with Crippen LogP contribution in [0.15, 0.2) is 24.4 Å². The van der Waals surface area contributed by atoms with Gasteiger partial charge in [-0.25, -0.2) is 10.8 Å². The summed E-state index contributed by atoms with van der Waals surface area (Å²) in [4.78, 5) is 8.04. The molecule has 0 aliphatic heterocycles. The lowest BCUT2D eigenvalue weighted by Gasteiger charge is -2.24. The average Bonchev–Trinajstić information content (AvgIpc) is 2.38. The van der Waals surface area contributed by atoms with Gasteiger partial charge in [0.05, 0.1) is 6.61 Å². The van der Waals surface area contributed by atoms with E-state index in [1.807, 2.05) is 0 Å². The van der Waals surface area contributed by atoms with E-state index in [4.69, 9.17) is 10.6 Å². The summed E-state index contributed by atoms with van der Waals surface area (Å²) < 4.78 is 5.68. The zero-order chi connectivity index (χ0) is 12.1. The molecule has 2 atom stereocenters. The van der Waals surface area contributed by atoms with E-state index in [0.29, 0.717) is 30.3 Å². The molecule has 0 saturated carbocycles. The Morgan fingerprint density at radius 1 is 1.47 bits per heavy atom. The van der Waals surface area contributed by atoms with Crippen molar-refractivity contribution in [1.29, 1.82) is 0 Å². The predicted octanol–water partition coefficient (Wildman–Crippen LogP) is 1.74. The van der Waals surface area contributed by atoms with Crippen LogP contribution in [0.25, 0.3) is 0 Å². The predicted molar refractivity (Wildman–Crippen MR) is 66.4 cm³/mol. The Bertz CT molecular complexity index is 394. The summed E-state index contributed by atoms with van der Waals surface area (Å²) in [6, 6.07) is 1.74. The number of hydrogen-bond donors (Lipinski definition) is 2. The second kappa shape index (κ2) is 5.63. The monoisotopic (exact) mass is 234 g/mol. The second-order valence-electron chi connectivity index (χ2n) is 4.35. The van der Waals surface area contributed by atoms with Crippen LogP contribution in [0, 0.1) is 11.8 Å². The third kappa shape index (κ3) is 3.17. The Labute approximate surface area is 101 Å². The fourth-order valence-corrected chi connectivity index (χ4v) is 1.92. The van der Waals surface area contributed by atoms with Crippen molar-refractivity contribution in [3.05, 3.63) is 24.4 Å². The molecule has 0 bridgehead atoms. The summed E-state index contributed by atoms with van der Waals surface area (Å²) in [5.41, 5.74) is 2.40. The molecule has 5 heteroatoms. The molecule has 1 aromatic heterocycles. The summed E-state index contributed by atoms with van der Waals surface area (Å²) in [5.74, 6) is 7.40. The smallest absolute Gasteiger partial charge is 0.240 e. The van der Waals surface area contributed by atoms with Crippen molar-refractivity contribution >= 4 is 5.95 Å². The number of nitrogens with two attached hydrogens (primary N) is 1. The SMILES string of the molecule is CC1CC=CCC1COc1ccnc(NN)n1. The lowest BCUT2D eigenvalue weighted by Crippen LogP contribution is -2.21. The van der Waals surface area contributed by atoms with Crippen LogP contribution in [0.5, 0.6) is 5.88 Å². The van der Waals surface area contributed by atoms with Gasteiger partial charge in [-0.3, -0.25) is 5.43 Å². The maximum atomic E-state index is 5.68. The molecule has 1 aromatic rings. The van der Waals surface area contributed by atoms with Crippen LogP contribution in [-0.4, -0.2) is 16.6 Å². The molecule has 17 heavy (non-hydrogen) atoms. The number of hydrogen-bond acceptors (Lipinski definition) is 5.